The average Bonchev–Trinajstić information content (AvgIpc) is 2.96. The molecule has 0 spiro atoms. The molecule has 4 heteroatoms. The normalized spacial score (nSPS) is 16.9. The summed E-state index contributed by atoms with van der Waals surface area (Å²) in [6.07, 6.45) is 14.3. The summed E-state index contributed by atoms with van der Waals surface area (Å²) in [6, 6.07) is 2.29. The van der Waals surface area contributed by atoms with E-state index < -0.39 is 0 Å². The van der Waals surface area contributed by atoms with Gasteiger partial charge in [0.05, 0.1) is 0 Å². The fourth-order valence-corrected chi connectivity index (χ4v) is 3.37. The molecule has 3 N–H and O–H groups in total. The van der Waals surface area contributed by atoms with E-state index >= 15 is 0 Å². The molecule has 2 aromatic rings. The van der Waals surface area contributed by atoms with Gasteiger partial charge >= 0.3 is 0 Å². The van der Waals surface area contributed by atoms with Crippen LogP contribution < -0.4 is 5.84 Å². The Morgan fingerprint density at radius 1 is 1.41 bits per heavy atom. The number of pyridine rings is 1. The maximum Gasteiger partial charge on any atom is 0.137 e. The summed E-state index contributed by atoms with van der Waals surface area (Å²) in [5, 5.41) is 2.70. The van der Waals surface area contributed by atoms with Crippen LogP contribution in [0.1, 0.15) is 49.1 Å². The lowest BCUT2D eigenvalue weighted by Crippen LogP contribution is -2.19. The molecule has 0 aromatic carbocycles. The molecular formula is C18H24N4. The lowest BCUT2D eigenvalue weighted by atomic mass is 9.84. The number of fused-ring (bicyclic) bond motifs is 1. The van der Waals surface area contributed by atoms with Crippen LogP contribution >= 0.6 is 0 Å². The van der Waals surface area contributed by atoms with E-state index in [0.29, 0.717) is 5.92 Å². The number of aromatic nitrogens is 2. The number of hydrogen-bond acceptors (Lipinski definition) is 3. The van der Waals surface area contributed by atoms with Crippen LogP contribution in [0.25, 0.3) is 16.6 Å². The van der Waals surface area contributed by atoms with Gasteiger partial charge in [0.15, 0.2) is 0 Å². The van der Waals surface area contributed by atoms with Crippen LogP contribution in [0.3, 0.4) is 0 Å². The second-order valence-electron chi connectivity index (χ2n) is 6.16. The zero-order valence-corrected chi connectivity index (χ0v) is 13.2. The van der Waals surface area contributed by atoms with E-state index in [9.17, 15) is 0 Å². The second kappa shape index (κ2) is 6.36. The smallest absolute Gasteiger partial charge is 0.137 e. The van der Waals surface area contributed by atoms with Crippen LogP contribution in [0.2, 0.25) is 0 Å². The summed E-state index contributed by atoms with van der Waals surface area (Å²) in [4.78, 5) is 7.86. The zero-order chi connectivity index (χ0) is 15.5. The number of rotatable bonds is 4. The first-order valence-corrected chi connectivity index (χ1v) is 7.98. The summed E-state index contributed by atoms with van der Waals surface area (Å²) >= 11 is 0. The van der Waals surface area contributed by atoms with Crippen LogP contribution in [0.5, 0.6) is 0 Å². The summed E-state index contributed by atoms with van der Waals surface area (Å²) in [7, 11) is 1.81. The molecule has 2 heterocycles. The molecule has 22 heavy (non-hydrogen) atoms. The Kier molecular flexibility index (Phi) is 4.29. The van der Waals surface area contributed by atoms with Gasteiger partial charge in [-0.3, -0.25) is 0 Å². The van der Waals surface area contributed by atoms with E-state index in [2.05, 4.69) is 22.6 Å². The summed E-state index contributed by atoms with van der Waals surface area (Å²) in [5.41, 5.74) is 4.38. The molecule has 0 aliphatic heterocycles. The first-order chi connectivity index (χ1) is 10.7. The predicted molar refractivity (Wildman–Crippen MR) is 92.0 cm³/mol. The first kappa shape index (κ1) is 14.9. The molecule has 0 radical (unpaired) electrons. The minimum absolute atomic E-state index is 0.654. The Hall–Kier alpha value is -2.07. The van der Waals surface area contributed by atoms with Crippen molar-refractivity contribution in [3.63, 3.8) is 0 Å². The maximum atomic E-state index is 5.75. The number of allylic oxidation sites excluding steroid dienone is 2. The van der Waals surface area contributed by atoms with Gasteiger partial charge < -0.3 is 9.99 Å². The largest absolute Gasteiger partial charge is 0.346 e. The van der Waals surface area contributed by atoms with Crippen molar-refractivity contribution in [1.82, 2.24) is 15.0 Å². The predicted octanol–water partition coefficient (Wildman–Crippen LogP) is 3.94. The third kappa shape index (κ3) is 2.92. The standard InChI is InChI=1S/C18H24N4/c1-3-13(12-22(2)19)17-11-21-18-16(17)9-15(10-20-18)14-7-5-4-6-8-14/h3,9-12,14H,1,4-8,19H2,2H3,(H,20,21)/b13-12+. The van der Waals surface area contributed by atoms with Crippen molar-refractivity contribution in [2.45, 2.75) is 38.0 Å². The van der Waals surface area contributed by atoms with Gasteiger partial charge in [-0.15, -0.1) is 0 Å². The molecule has 0 unspecified atom stereocenters. The molecule has 3 rings (SSSR count). The third-order valence-electron chi connectivity index (χ3n) is 4.50. The minimum Gasteiger partial charge on any atom is -0.346 e. The van der Waals surface area contributed by atoms with E-state index in [1.54, 1.807) is 5.01 Å². The first-order valence-electron chi connectivity index (χ1n) is 7.98. The van der Waals surface area contributed by atoms with E-state index in [1.807, 2.05) is 31.7 Å². The van der Waals surface area contributed by atoms with Gasteiger partial charge in [0.1, 0.15) is 5.65 Å². The Balaban J connectivity index is 2.03. The molecule has 1 aliphatic rings. The molecule has 0 bridgehead atoms. The van der Waals surface area contributed by atoms with E-state index in [4.69, 9.17) is 5.84 Å². The molecule has 0 amide bonds. The highest BCUT2D eigenvalue weighted by Gasteiger charge is 2.17. The maximum absolute atomic E-state index is 5.75. The highest BCUT2D eigenvalue weighted by molar-refractivity contribution is 5.93. The van der Waals surface area contributed by atoms with E-state index in [-0.39, 0.29) is 0 Å². The molecule has 4 nitrogen and oxygen atoms in total. The Labute approximate surface area is 131 Å². The van der Waals surface area contributed by atoms with Gasteiger partial charge in [-0.2, -0.15) is 0 Å². The number of hydrazine groups is 1. The SMILES string of the molecule is C=C/C(=C\N(C)N)c1c[nH]c2ncc(C3CCCCC3)cc12. The zero-order valence-electron chi connectivity index (χ0n) is 13.2. The molecule has 1 saturated carbocycles. The van der Waals surface area contributed by atoms with Crippen LogP contribution in [-0.2, 0) is 0 Å². The fourth-order valence-electron chi connectivity index (χ4n) is 3.37. The van der Waals surface area contributed by atoms with Gasteiger partial charge in [-0.25, -0.2) is 10.8 Å². The van der Waals surface area contributed by atoms with Crippen LogP contribution in [0, 0.1) is 0 Å². The summed E-state index contributed by atoms with van der Waals surface area (Å²) in [6.45, 7) is 3.90. The summed E-state index contributed by atoms with van der Waals surface area (Å²) < 4.78 is 0. The Morgan fingerprint density at radius 2 is 2.18 bits per heavy atom. The Bertz CT molecular complexity index is 690. The number of hydrogen-bond donors (Lipinski definition) is 2. The molecule has 2 aromatic heterocycles. The fraction of sp³-hybridized carbons (Fsp3) is 0.389. The van der Waals surface area contributed by atoms with Crippen molar-refractivity contribution in [3.05, 3.63) is 48.4 Å². The van der Waals surface area contributed by atoms with Gasteiger partial charge in [0.25, 0.3) is 0 Å². The van der Waals surface area contributed by atoms with Crippen molar-refractivity contribution >= 4 is 16.6 Å². The van der Waals surface area contributed by atoms with Gasteiger partial charge in [-0.05, 0) is 30.4 Å². The number of nitrogens with zero attached hydrogens (tertiary/aromatic N) is 2. The lowest BCUT2D eigenvalue weighted by Gasteiger charge is -2.21. The number of aromatic amines is 1. The Morgan fingerprint density at radius 3 is 2.86 bits per heavy atom. The van der Waals surface area contributed by atoms with E-state index in [1.165, 1.54) is 37.7 Å². The van der Waals surface area contributed by atoms with Crippen molar-refractivity contribution in [1.29, 1.82) is 0 Å². The van der Waals surface area contributed by atoms with E-state index in [0.717, 1.165) is 22.2 Å². The second-order valence-corrected chi connectivity index (χ2v) is 6.16. The number of H-pyrrole nitrogens is 1. The highest BCUT2D eigenvalue weighted by atomic mass is 15.4. The van der Waals surface area contributed by atoms with Crippen LogP contribution in [-0.4, -0.2) is 22.0 Å². The number of nitrogens with one attached hydrogen (secondary N) is 1. The quantitative estimate of drug-likeness (QED) is 0.510. The van der Waals surface area contributed by atoms with Crippen LogP contribution in [0.4, 0.5) is 0 Å². The molecule has 0 atom stereocenters. The molecule has 1 aliphatic carbocycles. The molecule has 1 fully saturated rings. The van der Waals surface area contributed by atoms with Gasteiger partial charge in [0, 0.05) is 42.2 Å². The van der Waals surface area contributed by atoms with Crippen molar-refractivity contribution in [2.75, 3.05) is 7.05 Å². The summed E-state index contributed by atoms with van der Waals surface area (Å²) in [5.74, 6) is 6.40. The topological polar surface area (TPSA) is 57.9 Å². The lowest BCUT2D eigenvalue weighted by molar-refractivity contribution is 0.443. The molecular weight excluding hydrogens is 272 g/mol. The van der Waals surface area contributed by atoms with Crippen molar-refractivity contribution in [2.24, 2.45) is 5.84 Å². The minimum atomic E-state index is 0.654. The number of nitrogens with two attached hydrogens (primary N) is 1. The van der Waals surface area contributed by atoms with Crippen LogP contribution in [0.15, 0.2) is 37.3 Å². The van der Waals surface area contributed by atoms with Gasteiger partial charge in [-0.1, -0.05) is 31.9 Å². The monoisotopic (exact) mass is 296 g/mol. The third-order valence-corrected chi connectivity index (χ3v) is 4.50. The molecule has 0 saturated heterocycles. The van der Waals surface area contributed by atoms with Crippen molar-refractivity contribution in [3.8, 4) is 0 Å². The highest BCUT2D eigenvalue weighted by Crippen LogP contribution is 2.34. The van der Waals surface area contributed by atoms with Gasteiger partial charge in [0.2, 0.25) is 0 Å². The molecule has 116 valence electrons. The van der Waals surface area contributed by atoms with Crippen molar-refractivity contribution < 1.29 is 0 Å². The average molecular weight is 296 g/mol.